The number of aliphatic hydroxyl groups is 1. The minimum absolute atomic E-state index is 0.0769. The number of nitrogens with one attached hydrogen (secondary N) is 1. The third-order valence-corrected chi connectivity index (χ3v) is 16.0. The maximum atomic E-state index is 13.0. The first-order valence-corrected chi connectivity index (χ1v) is 33.5. The molecule has 0 fully saturated rings. The van der Waals surface area contributed by atoms with Crippen molar-refractivity contribution in [3.05, 3.63) is 12.2 Å². The zero-order valence-electron chi connectivity index (χ0n) is 49.2. The van der Waals surface area contributed by atoms with Gasteiger partial charge in [0.25, 0.3) is 0 Å². The highest BCUT2D eigenvalue weighted by atomic mass is 31.2. The molecule has 0 aromatic rings. The fraction of sp³-hybridized carbons (Fsp3) is 0.952. The summed E-state index contributed by atoms with van der Waals surface area (Å²) in [6.07, 6.45) is 68.7. The van der Waals surface area contributed by atoms with E-state index in [1.807, 2.05) is 21.1 Å². The monoisotopic (exact) mass is 1040 g/mol. The lowest BCUT2D eigenvalue weighted by atomic mass is 10.0. The predicted octanol–water partition coefficient (Wildman–Crippen LogP) is 19.8. The summed E-state index contributed by atoms with van der Waals surface area (Å²) >= 11 is 0. The second kappa shape index (κ2) is 55.0. The molecule has 0 saturated heterocycles. The summed E-state index contributed by atoms with van der Waals surface area (Å²) in [7, 11) is 1.63. The molecule has 0 saturated carbocycles. The van der Waals surface area contributed by atoms with Gasteiger partial charge in [-0.1, -0.05) is 302 Å². The van der Waals surface area contributed by atoms with Gasteiger partial charge in [0.2, 0.25) is 5.91 Å². The van der Waals surface area contributed by atoms with Crippen LogP contribution in [-0.4, -0.2) is 73.4 Å². The van der Waals surface area contributed by atoms with Gasteiger partial charge in [-0.3, -0.25) is 13.8 Å². The van der Waals surface area contributed by atoms with E-state index in [-0.39, 0.29) is 19.1 Å². The molecular formula is C63H128N2O6P+. The Morgan fingerprint density at radius 1 is 0.458 bits per heavy atom. The zero-order valence-corrected chi connectivity index (χ0v) is 50.1. The Balaban J connectivity index is 4.02. The number of hydrogen-bond donors (Lipinski definition) is 3. The number of hydrogen-bond acceptors (Lipinski definition) is 5. The Kier molecular flexibility index (Phi) is 54.4. The number of carbonyl (C=O) groups is 1. The average molecular weight is 1040 g/mol. The number of aliphatic hydroxyl groups excluding tert-OH is 1. The number of nitrogens with zero attached hydrogens (tertiary/aromatic N) is 1. The molecular weight excluding hydrogens is 912 g/mol. The third-order valence-electron chi connectivity index (χ3n) is 15.0. The van der Waals surface area contributed by atoms with Crippen molar-refractivity contribution in [1.82, 2.24) is 5.32 Å². The van der Waals surface area contributed by atoms with Gasteiger partial charge >= 0.3 is 7.82 Å². The van der Waals surface area contributed by atoms with Crippen LogP contribution < -0.4 is 5.32 Å². The molecule has 0 radical (unpaired) electrons. The first kappa shape index (κ1) is 71.2. The highest BCUT2D eigenvalue weighted by Gasteiger charge is 2.28. The number of likely N-dealkylation sites (N-methyl/N-ethyl adjacent to an activating group) is 1. The maximum Gasteiger partial charge on any atom is 0.472 e. The number of rotatable bonds is 60. The van der Waals surface area contributed by atoms with Crippen LogP contribution in [0.25, 0.3) is 0 Å². The van der Waals surface area contributed by atoms with Crippen LogP contribution in [0.15, 0.2) is 12.2 Å². The number of unbranched alkanes of at least 4 members (excludes halogenated alkanes) is 45. The maximum absolute atomic E-state index is 13.0. The summed E-state index contributed by atoms with van der Waals surface area (Å²) in [6.45, 7) is 4.94. The molecule has 0 aromatic heterocycles. The Bertz CT molecular complexity index is 1180. The van der Waals surface area contributed by atoms with E-state index in [4.69, 9.17) is 9.05 Å². The molecule has 0 aromatic carbocycles. The van der Waals surface area contributed by atoms with Gasteiger partial charge in [-0.25, -0.2) is 4.57 Å². The first-order chi connectivity index (χ1) is 35.0. The number of quaternary nitrogens is 1. The molecule has 0 aliphatic rings. The van der Waals surface area contributed by atoms with Crippen molar-refractivity contribution in [3.8, 4) is 0 Å². The molecule has 0 aliphatic heterocycles. The standard InChI is InChI=1S/C63H127N2O6P/c1-6-8-10-12-14-16-18-20-22-24-26-27-28-29-30-31-32-33-34-35-36-37-39-40-42-44-46-48-50-52-54-56-62(66)61(60-71-72(68,69)70-59-58-65(3,4)5)64-63(67)57-55-53-51-49-47-45-43-41-38-25-23-21-19-17-15-13-11-9-7-2/h21,23,61-62,66H,6-20,22,24-60H2,1-5H3,(H-,64,67,68,69)/p+1/b23-21-. The van der Waals surface area contributed by atoms with Crippen LogP contribution in [0, 0.1) is 0 Å². The molecule has 0 spiro atoms. The van der Waals surface area contributed by atoms with E-state index in [0.717, 1.165) is 38.5 Å². The Labute approximate surface area is 450 Å². The van der Waals surface area contributed by atoms with Crippen molar-refractivity contribution >= 4 is 13.7 Å². The number of amides is 1. The van der Waals surface area contributed by atoms with Crippen LogP contribution in [0.4, 0.5) is 0 Å². The number of carbonyl (C=O) groups excluding carboxylic acids is 1. The Hall–Kier alpha value is -0.760. The molecule has 72 heavy (non-hydrogen) atoms. The van der Waals surface area contributed by atoms with Crippen molar-refractivity contribution in [3.63, 3.8) is 0 Å². The van der Waals surface area contributed by atoms with E-state index in [1.165, 1.54) is 270 Å². The predicted molar refractivity (Wildman–Crippen MR) is 314 cm³/mol. The smallest absolute Gasteiger partial charge is 0.391 e. The van der Waals surface area contributed by atoms with Crippen molar-refractivity contribution in [2.75, 3.05) is 40.9 Å². The lowest BCUT2D eigenvalue weighted by Crippen LogP contribution is -2.46. The molecule has 3 atom stereocenters. The quantitative estimate of drug-likeness (QED) is 0.0243. The molecule has 430 valence electrons. The van der Waals surface area contributed by atoms with Gasteiger partial charge < -0.3 is 19.8 Å². The van der Waals surface area contributed by atoms with E-state index in [0.29, 0.717) is 23.9 Å². The van der Waals surface area contributed by atoms with Crippen LogP contribution in [-0.2, 0) is 18.4 Å². The van der Waals surface area contributed by atoms with Crippen LogP contribution in [0.2, 0.25) is 0 Å². The second-order valence-corrected chi connectivity index (χ2v) is 25.0. The van der Waals surface area contributed by atoms with E-state index in [9.17, 15) is 19.4 Å². The van der Waals surface area contributed by atoms with E-state index >= 15 is 0 Å². The largest absolute Gasteiger partial charge is 0.472 e. The van der Waals surface area contributed by atoms with Crippen molar-refractivity contribution in [2.24, 2.45) is 0 Å². The molecule has 0 bridgehead atoms. The zero-order chi connectivity index (χ0) is 52.7. The van der Waals surface area contributed by atoms with Gasteiger partial charge in [0, 0.05) is 6.42 Å². The van der Waals surface area contributed by atoms with Crippen LogP contribution in [0.5, 0.6) is 0 Å². The van der Waals surface area contributed by atoms with Crippen LogP contribution in [0.1, 0.15) is 335 Å². The molecule has 1 amide bonds. The molecule has 8 nitrogen and oxygen atoms in total. The van der Waals surface area contributed by atoms with Gasteiger partial charge in [0.1, 0.15) is 13.2 Å². The Morgan fingerprint density at radius 3 is 1.07 bits per heavy atom. The highest BCUT2D eigenvalue weighted by molar-refractivity contribution is 7.47. The molecule has 3 N–H and O–H groups in total. The molecule has 0 heterocycles. The molecule has 3 unspecified atom stereocenters. The van der Waals surface area contributed by atoms with E-state index < -0.39 is 20.0 Å². The Morgan fingerprint density at radius 2 is 0.750 bits per heavy atom. The van der Waals surface area contributed by atoms with Gasteiger partial charge in [0.05, 0.1) is 39.9 Å². The van der Waals surface area contributed by atoms with Crippen molar-refractivity contribution in [2.45, 2.75) is 347 Å². The van der Waals surface area contributed by atoms with Crippen molar-refractivity contribution in [1.29, 1.82) is 0 Å². The summed E-state index contributed by atoms with van der Waals surface area (Å²) in [4.78, 5) is 23.4. The van der Waals surface area contributed by atoms with Gasteiger partial charge in [-0.2, -0.15) is 0 Å². The lowest BCUT2D eigenvalue weighted by Gasteiger charge is -2.26. The number of phosphoric acid groups is 1. The SMILES string of the molecule is CCCCCCCC/C=C\CCCCCCCCCCCC(=O)NC(COP(=O)(O)OCC[N+](C)(C)C)C(O)CCCCCCCCCCCCCCCCCCCCCCCCCCCCCCCCC. The van der Waals surface area contributed by atoms with Crippen LogP contribution >= 0.6 is 7.82 Å². The third kappa shape index (κ3) is 57.0. The van der Waals surface area contributed by atoms with E-state index in [1.54, 1.807) is 0 Å². The molecule has 9 heteroatoms. The average Bonchev–Trinajstić information content (AvgIpc) is 3.34. The summed E-state index contributed by atoms with van der Waals surface area (Å²) in [5, 5.41) is 14.1. The second-order valence-electron chi connectivity index (χ2n) is 23.5. The molecule has 0 rings (SSSR count). The minimum atomic E-state index is -4.32. The van der Waals surface area contributed by atoms with Crippen LogP contribution in [0.3, 0.4) is 0 Å². The first-order valence-electron chi connectivity index (χ1n) is 32.1. The fourth-order valence-electron chi connectivity index (χ4n) is 9.99. The van der Waals surface area contributed by atoms with Crippen molar-refractivity contribution < 1.29 is 32.9 Å². The highest BCUT2D eigenvalue weighted by Crippen LogP contribution is 2.43. The van der Waals surface area contributed by atoms with E-state index in [2.05, 4.69) is 31.3 Å². The number of phosphoric ester groups is 1. The molecule has 0 aliphatic carbocycles. The lowest BCUT2D eigenvalue weighted by molar-refractivity contribution is -0.870. The minimum Gasteiger partial charge on any atom is -0.391 e. The number of allylic oxidation sites excluding steroid dienone is 2. The normalized spacial score (nSPS) is 13.8. The summed E-state index contributed by atoms with van der Waals surface area (Å²) in [5.74, 6) is -0.140. The topological polar surface area (TPSA) is 105 Å². The summed E-state index contributed by atoms with van der Waals surface area (Å²) in [6, 6.07) is -0.760. The van der Waals surface area contributed by atoms with Gasteiger partial charge in [-0.05, 0) is 38.5 Å². The fourth-order valence-corrected chi connectivity index (χ4v) is 10.7. The summed E-state index contributed by atoms with van der Waals surface area (Å²) < 4.78 is 23.8. The van der Waals surface area contributed by atoms with Gasteiger partial charge in [-0.15, -0.1) is 0 Å². The van der Waals surface area contributed by atoms with Gasteiger partial charge in [0.15, 0.2) is 0 Å². The summed E-state index contributed by atoms with van der Waals surface area (Å²) in [5.41, 5.74) is 0.